The highest BCUT2D eigenvalue weighted by Crippen LogP contribution is 2.55. The second kappa shape index (κ2) is 4.35. The van der Waals surface area contributed by atoms with Crippen molar-refractivity contribution in [1.29, 1.82) is 0 Å². The van der Waals surface area contributed by atoms with E-state index in [0.717, 1.165) is 5.56 Å². The monoisotopic (exact) mass is 248 g/mol. The zero-order valence-electron chi connectivity index (χ0n) is 11.3. The zero-order valence-corrected chi connectivity index (χ0v) is 11.3. The second-order valence-corrected chi connectivity index (χ2v) is 5.89. The van der Waals surface area contributed by atoms with Crippen molar-refractivity contribution >= 4 is 0 Å². The standard InChI is InChI=1S/C14H20N2O2/c1-14(2)11(10-8-6-5-7-9-10)12(16(17)18)13(14)15(3)4/h5-9,11-13H,1-4H3. The molecule has 0 aromatic heterocycles. The first-order valence-corrected chi connectivity index (χ1v) is 6.22. The third-order valence-electron chi connectivity index (χ3n) is 4.19. The predicted octanol–water partition coefficient (Wildman–Crippen LogP) is 2.39. The van der Waals surface area contributed by atoms with E-state index in [4.69, 9.17) is 0 Å². The molecule has 0 spiro atoms. The highest BCUT2D eigenvalue weighted by atomic mass is 16.6. The Balaban J connectivity index is 2.38. The molecule has 4 nitrogen and oxygen atoms in total. The molecule has 0 aliphatic heterocycles. The Morgan fingerprint density at radius 1 is 1.22 bits per heavy atom. The largest absolute Gasteiger partial charge is 0.300 e. The summed E-state index contributed by atoms with van der Waals surface area (Å²) >= 11 is 0. The second-order valence-electron chi connectivity index (χ2n) is 5.89. The molecule has 18 heavy (non-hydrogen) atoms. The van der Waals surface area contributed by atoms with Gasteiger partial charge < -0.3 is 0 Å². The lowest BCUT2D eigenvalue weighted by Crippen LogP contribution is -2.68. The molecule has 3 atom stereocenters. The molecule has 2 rings (SSSR count). The van der Waals surface area contributed by atoms with E-state index >= 15 is 0 Å². The van der Waals surface area contributed by atoms with E-state index in [1.165, 1.54) is 0 Å². The van der Waals surface area contributed by atoms with Gasteiger partial charge >= 0.3 is 0 Å². The van der Waals surface area contributed by atoms with Crippen LogP contribution in [0.3, 0.4) is 0 Å². The minimum Gasteiger partial charge on any atom is -0.300 e. The van der Waals surface area contributed by atoms with E-state index in [9.17, 15) is 10.1 Å². The van der Waals surface area contributed by atoms with Gasteiger partial charge in [0.1, 0.15) is 0 Å². The maximum atomic E-state index is 11.3. The molecular formula is C14H20N2O2. The molecular weight excluding hydrogens is 228 g/mol. The topological polar surface area (TPSA) is 46.4 Å². The molecule has 3 unspecified atom stereocenters. The molecule has 0 saturated heterocycles. The number of hydrogen-bond donors (Lipinski definition) is 0. The molecule has 0 N–H and O–H groups in total. The van der Waals surface area contributed by atoms with Crippen molar-refractivity contribution < 1.29 is 4.92 Å². The Bertz CT molecular complexity index is 442. The first-order chi connectivity index (χ1) is 8.37. The summed E-state index contributed by atoms with van der Waals surface area (Å²) in [7, 11) is 3.84. The molecule has 1 aliphatic rings. The molecule has 0 heterocycles. The van der Waals surface area contributed by atoms with Gasteiger partial charge in [-0.25, -0.2) is 0 Å². The molecule has 0 radical (unpaired) electrons. The summed E-state index contributed by atoms with van der Waals surface area (Å²) < 4.78 is 0. The van der Waals surface area contributed by atoms with Crippen LogP contribution in [-0.4, -0.2) is 36.0 Å². The Morgan fingerprint density at radius 3 is 2.22 bits per heavy atom. The van der Waals surface area contributed by atoms with Gasteiger partial charge in [-0.05, 0) is 19.7 Å². The van der Waals surface area contributed by atoms with Crippen LogP contribution >= 0.6 is 0 Å². The summed E-state index contributed by atoms with van der Waals surface area (Å²) in [5.74, 6) is -0.0129. The lowest BCUT2D eigenvalue weighted by molar-refractivity contribution is -0.561. The van der Waals surface area contributed by atoms with Crippen molar-refractivity contribution in [2.24, 2.45) is 5.41 Å². The van der Waals surface area contributed by atoms with Gasteiger partial charge in [0, 0.05) is 10.3 Å². The van der Waals surface area contributed by atoms with Gasteiger partial charge in [0.2, 0.25) is 6.04 Å². The van der Waals surface area contributed by atoms with E-state index in [1.54, 1.807) is 0 Å². The summed E-state index contributed by atoms with van der Waals surface area (Å²) in [6.07, 6.45) is 0. The van der Waals surface area contributed by atoms with Crippen LogP contribution in [0.2, 0.25) is 0 Å². The van der Waals surface area contributed by atoms with Crippen molar-refractivity contribution in [1.82, 2.24) is 4.90 Å². The minimum atomic E-state index is -0.516. The van der Waals surface area contributed by atoms with Crippen LogP contribution in [0, 0.1) is 15.5 Å². The normalized spacial score (nSPS) is 29.9. The van der Waals surface area contributed by atoms with Crippen LogP contribution in [0.1, 0.15) is 25.3 Å². The number of hydrogen-bond acceptors (Lipinski definition) is 3. The van der Waals surface area contributed by atoms with Gasteiger partial charge in [-0.15, -0.1) is 0 Å². The van der Waals surface area contributed by atoms with Crippen molar-refractivity contribution in [3.63, 3.8) is 0 Å². The van der Waals surface area contributed by atoms with Crippen molar-refractivity contribution in [2.75, 3.05) is 14.1 Å². The third kappa shape index (κ3) is 1.81. The van der Waals surface area contributed by atoms with E-state index < -0.39 is 6.04 Å². The lowest BCUT2D eigenvalue weighted by Gasteiger charge is -2.55. The van der Waals surface area contributed by atoms with Gasteiger partial charge in [-0.2, -0.15) is 0 Å². The highest BCUT2D eigenvalue weighted by Gasteiger charge is 2.64. The van der Waals surface area contributed by atoms with Crippen LogP contribution in [-0.2, 0) is 0 Å². The quantitative estimate of drug-likeness (QED) is 0.609. The third-order valence-corrected chi connectivity index (χ3v) is 4.19. The number of nitro groups is 1. The Labute approximate surface area is 108 Å². The first kappa shape index (κ1) is 13.0. The van der Waals surface area contributed by atoms with Crippen LogP contribution < -0.4 is 0 Å². The molecule has 0 amide bonds. The highest BCUT2D eigenvalue weighted by molar-refractivity contribution is 5.30. The average molecular weight is 248 g/mol. The van der Waals surface area contributed by atoms with Crippen LogP contribution in [0.15, 0.2) is 30.3 Å². The maximum Gasteiger partial charge on any atom is 0.236 e. The summed E-state index contributed by atoms with van der Waals surface area (Å²) in [4.78, 5) is 13.2. The molecule has 1 aromatic carbocycles. The molecule has 1 saturated carbocycles. The minimum absolute atomic E-state index is 0.0129. The molecule has 98 valence electrons. The summed E-state index contributed by atoms with van der Waals surface area (Å²) in [5.41, 5.74) is 0.991. The van der Waals surface area contributed by atoms with Crippen molar-refractivity contribution in [3.8, 4) is 0 Å². The SMILES string of the molecule is CN(C)C1C([N+](=O)[O-])C(c2ccccc2)C1(C)C. The first-order valence-electron chi connectivity index (χ1n) is 6.22. The maximum absolute atomic E-state index is 11.3. The van der Waals surface area contributed by atoms with Crippen LogP contribution in [0.5, 0.6) is 0 Å². The van der Waals surface area contributed by atoms with E-state index in [-0.39, 0.29) is 22.3 Å². The van der Waals surface area contributed by atoms with Crippen LogP contribution in [0.25, 0.3) is 0 Å². The molecule has 4 heteroatoms. The van der Waals surface area contributed by atoms with E-state index in [0.29, 0.717) is 0 Å². The fourth-order valence-electron chi connectivity index (χ4n) is 3.62. The van der Waals surface area contributed by atoms with Crippen molar-refractivity contribution in [3.05, 3.63) is 46.0 Å². The Hall–Kier alpha value is -1.42. The zero-order chi connectivity index (χ0) is 13.5. The van der Waals surface area contributed by atoms with E-state index in [1.807, 2.05) is 49.3 Å². The summed E-state index contributed by atoms with van der Waals surface area (Å²) in [5, 5.41) is 11.3. The predicted molar refractivity (Wildman–Crippen MR) is 71.2 cm³/mol. The molecule has 1 aliphatic carbocycles. The van der Waals surface area contributed by atoms with Gasteiger partial charge in [-0.3, -0.25) is 15.0 Å². The van der Waals surface area contributed by atoms with Crippen LogP contribution in [0.4, 0.5) is 0 Å². The smallest absolute Gasteiger partial charge is 0.236 e. The molecule has 1 aromatic rings. The van der Waals surface area contributed by atoms with Gasteiger partial charge in [-0.1, -0.05) is 44.2 Å². The van der Waals surface area contributed by atoms with Crippen molar-refractivity contribution in [2.45, 2.75) is 31.8 Å². The van der Waals surface area contributed by atoms with Gasteiger partial charge in [0.25, 0.3) is 0 Å². The summed E-state index contributed by atoms with van der Waals surface area (Å²) in [6.45, 7) is 4.24. The number of rotatable bonds is 3. The number of likely N-dealkylation sites (N-methyl/N-ethyl adjacent to an activating group) is 1. The number of nitrogens with zero attached hydrogens (tertiary/aromatic N) is 2. The van der Waals surface area contributed by atoms with E-state index in [2.05, 4.69) is 13.8 Å². The molecule has 0 bridgehead atoms. The Kier molecular flexibility index (Phi) is 3.15. The number of benzene rings is 1. The average Bonchev–Trinajstić information content (AvgIpc) is 2.26. The summed E-state index contributed by atoms with van der Waals surface area (Å²) in [6, 6.07) is 9.30. The Morgan fingerprint density at radius 2 is 1.78 bits per heavy atom. The molecule has 1 fully saturated rings. The fourth-order valence-corrected chi connectivity index (χ4v) is 3.62. The lowest BCUT2D eigenvalue weighted by atomic mass is 9.52. The fraction of sp³-hybridized carbons (Fsp3) is 0.571. The van der Waals surface area contributed by atoms with Gasteiger partial charge in [0.15, 0.2) is 0 Å². The van der Waals surface area contributed by atoms with Gasteiger partial charge in [0.05, 0.1) is 12.0 Å².